The van der Waals surface area contributed by atoms with Crippen LogP contribution in [-0.2, 0) is 11.3 Å². The molecule has 128 valence electrons. The smallest absolute Gasteiger partial charge is 0.194 e. The number of ether oxygens (including phenoxy) is 1. The van der Waals surface area contributed by atoms with Crippen molar-refractivity contribution in [1.82, 2.24) is 10.2 Å². The van der Waals surface area contributed by atoms with Crippen LogP contribution < -0.4 is 10.2 Å². The van der Waals surface area contributed by atoms with E-state index in [1.54, 1.807) is 7.11 Å². The molecule has 1 aliphatic heterocycles. The molecule has 1 fully saturated rings. The molecule has 0 aliphatic carbocycles. The van der Waals surface area contributed by atoms with E-state index in [4.69, 9.17) is 9.73 Å². The molecule has 1 N–H and O–H groups in total. The zero-order valence-corrected chi connectivity index (χ0v) is 14.9. The van der Waals surface area contributed by atoms with E-state index < -0.39 is 0 Å². The minimum absolute atomic E-state index is 0.612. The Labute approximate surface area is 140 Å². The number of methoxy groups -OCH3 is 1. The van der Waals surface area contributed by atoms with Gasteiger partial charge in [0, 0.05) is 52.4 Å². The molecule has 0 radical (unpaired) electrons. The maximum absolute atomic E-state index is 5.29. The monoisotopic (exact) mass is 318 g/mol. The average molecular weight is 318 g/mol. The van der Waals surface area contributed by atoms with Crippen molar-refractivity contribution in [2.75, 3.05) is 52.3 Å². The largest absolute Gasteiger partial charge is 0.384 e. The van der Waals surface area contributed by atoms with Crippen LogP contribution in [0.2, 0.25) is 0 Å². The van der Waals surface area contributed by atoms with Crippen molar-refractivity contribution in [1.29, 1.82) is 0 Å². The standard InChI is InChI=1S/C18H30N4O/c1-5-19-18(22-10-9-16(13-22)14-23-4)20-12-15-7-6-8-17(11-15)21(2)3/h6-8,11,16H,5,9-10,12-14H2,1-4H3,(H,19,20). The van der Waals surface area contributed by atoms with E-state index in [9.17, 15) is 0 Å². The minimum atomic E-state index is 0.612. The summed E-state index contributed by atoms with van der Waals surface area (Å²) in [6.07, 6.45) is 1.17. The molecule has 0 spiro atoms. The number of rotatable bonds is 6. The number of nitrogens with zero attached hydrogens (tertiary/aromatic N) is 3. The second-order valence-electron chi connectivity index (χ2n) is 6.29. The van der Waals surface area contributed by atoms with E-state index in [1.165, 1.54) is 17.7 Å². The predicted octanol–water partition coefficient (Wildman–Crippen LogP) is 2.19. The molecule has 0 saturated carbocycles. The Hall–Kier alpha value is -1.75. The van der Waals surface area contributed by atoms with Gasteiger partial charge in [-0.3, -0.25) is 0 Å². The first-order valence-corrected chi connectivity index (χ1v) is 8.42. The van der Waals surface area contributed by atoms with Gasteiger partial charge in [-0.1, -0.05) is 12.1 Å². The van der Waals surface area contributed by atoms with Crippen LogP contribution in [-0.4, -0.2) is 58.3 Å². The first-order chi connectivity index (χ1) is 11.1. The van der Waals surface area contributed by atoms with Gasteiger partial charge >= 0.3 is 0 Å². The van der Waals surface area contributed by atoms with Crippen LogP contribution in [0.15, 0.2) is 29.3 Å². The lowest BCUT2D eigenvalue weighted by atomic mass is 10.1. The maximum Gasteiger partial charge on any atom is 0.194 e. The summed E-state index contributed by atoms with van der Waals surface area (Å²) >= 11 is 0. The molecule has 0 bridgehead atoms. The molecule has 0 amide bonds. The number of nitrogens with one attached hydrogen (secondary N) is 1. The van der Waals surface area contributed by atoms with E-state index in [0.717, 1.165) is 32.2 Å². The summed E-state index contributed by atoms with van der Waals surface area (Å²) in [5, 5.41) is 3.42. The molecule has 1 atom stereocenters. The number of hydrogen-bond acceptors (Lipinski definition) is 3. The fraction of sp³-hybridized carbons (Fsp3) is 0.611. The summed E-state index contributed by atoms with van der Waals surface area (Å²) in [5.74, 6) is 1.63. The highest BCUT2D eigenvalue weighted by Gasteiger charge is 2.24. The van der Waals surface area contributed by atoms with Crippen LogP contribution in [0.25, 0.3) is 0 Å². The first kappa shape index (κ1) is 17.6. The Balaban J connectivity index is 2.03. The summed E-state index contributed by atoms with van der Waals surface area (Å²) in [5.41, 5.74) is 2.45. The summed E-state index contributed by atoms with van der Waals surface area (Å²) in [6, 6.07) is 8.55. The fourth-order valence-electron chi connectivity index (χ4n) is 2.92. The quantitative estimate of drug-likeness (QED) is 0.645. The molecule has 1 aromatic carbocycles. The topological polar surface area (TPSA) is 40.1 Å². The third-order valence-electron chi connectivity index (χ3n) is 4.16. The summed E-state index contributed by atoms with van der Waals surface area (Å²) < 4.78 is 5.29. The molecule has 1 saturated heterocycles. The third kappa shape index (κ3) is 5.13. The lowest BCUT2D eigenvalue weighted by Crippen LogP contribution is -2.40. The number of likely N-dealkylation sites (tertiary alicyclic amines) is 1. The maximum atomic E-state index is 5.29. The van der Waals surface area contributed by atoms with Crippen LogP contribution in [0.5, 0.6) is 0 Å². The number of guanidine groups is 1. The zero-order valence-electron chi connectivity index (χ0n) is 14.9. The fourth-order valence-corrected chi connectivity index (χ4v) is 2.92. The van der Waals surface area contributed by atoms with Gasteiger partial charge in [0.15, 0.2) is 5.96 Å². The van der Waals surface area contributed by atoms with Crippen molar-refractivity contribution < 1.29 is 4.74 Å². The Kier molecular flexibility index (Phi) is 6.71. The number of benzene rings is 1. The van der Waals surface area contributed by atoms with Crippen LogP contribution in [0.4, 0.5) is 5.69 Å². The summed E-state index contributed by atoms with van der Waals surface area (Å²) in [4.78, 5) is 9.30. The molecular weight excluding hydrogens is 288 g/mol. The molecule has 2 rings (SSSR count). The number of aliphatic imine (C=N–C) groups is 1. The van der Waals surface area contributed by atoms with Crippen molar-refractivity contribution in [3.8, 4) is 0 Å². The third-order valence-corrected chi connectivity index (χ3v) is 4.16. The molecule has 0 aromatic heterocycles. The lowest BCUT2D eigenvalue weighted by Gasteiger charge is -2.21. The van der Waals surface area contributed by atoms with E-state index in [1.807, 2.05) is 0 Å². The molecule has 1 heterocycles. The van der Waals surface area contributed by atoms with Gasteiger partial charge in [-0.2, -0.15) is 0 Å². The van der Waals surface area contributed by atoms with Gasteiger partial charge in [-0.05, 0) is 31.0 Å². The zero-order chi connectivity index (χ0) is 16.7. The van der Waals surface area contributed by atoms with Gasteiger partial charge in [0.05, 0.1) is 13.2 Å². The second kappa shape index (κ2) is 8.77. The number of anilines is 1. The van der Waals surface area contributed by atoms with Crippen LogP contribution in [0.1, 0.15) is 18.9 Å². The lowest BCUT2D eigenvalue weighted by molar-refractivity contribution is 0.157. The minimum Gasteiger partial charge on any atom is -0.384 e. The normalized spacial score (nSPS) is 18.3. The van der Waals surface area contributed by atoms with E-state index in [2.05, 4.69) is 60.4 Å². The Morgan fingerprint density at radius 2 is 2.26 bits per heavy atom. The number of hydrogen-bond donors (Lipinski definition) is 1. The van der Waals surface area contributed by atoms with Gasteiger partial charge in [-0.25, -0.2) is 4.99 Å². The molecule has 5 heteroatoms. The highest BCUT2D eigenvalue weighted by Crippen LogP contribution is 2.17. The first-order valence-electron chi connectivity index (χ1n) is 8.42. The Bertz CT molecular complexity index is 515. The van der Waals surface area contributed by atoms with Gasteiger partial charge in [0.2, 0.25) is 0 Å². The van der Waals surface area contributed by atoms with Crippen molar-refractivity contribution in [3.63, 3.8) is 0 Å². The molecule has 23 heavy (non-hydrogen) atoms. The van der Waals surface area contributed by atoms with E-state index >= 15 is 0 Å². The Morgan fingerprint density at radius 3 is 2.96 bits per heavy atom. The van der Waals surface area contributed by atoms with Crippen molar-refractivity contribution in [2.45, 2.75) is 19.9 Å². The molecule has 1 aliphatic rings. The van der Waals surface area contributed by atoms with Gasteiger partial charge in [-0.15, -0.1) is 0 Å². The molecule has 1 unspecified atom stereocenters. The molecule has 5 nitrogen and oxygen atoms in total. The van der Waals surface area contributed by atoms with Crippen molar-refractivity contribution in [2.24, 2.45) is 10.9 Å². The van der Waals surface area contributed by atoms with Crippen LogP contribution in [0.3, 0.4) is 0 Å². The van der Waals surface area contributed by atoms with Crippen molar-refractivity contribution in [3.05, 3.63) is 29.8 Å². The van der Waals surface area contributed by atoms with Crippen LogP contribution >= 0.6 is 0 Å². The highest BCUT2D eigenvalue weighted by atomic mass is 16.5. The Morgan fingerprint density at radius 1 is 1.43 bits per heavy atom. The molecule has 1 aromatic rings. The van der Waals surface area contributed by atoms with Gasteiger partial charge in [0.25, 0.3) is 0 Å². The highest BCUT2D eigenvalue weighted by molar-refractivity contribution is 5.80. The van der Waals surface area contributed by atoms with E-state index in [-0.39, 0.29) is 0 Å². The summed E-state index contributed by atoms with van der Waals surface area (Å²) in [7, 11) is 5.90. The predicted molar refractivity (Wildman–Crippen MR) is 97.1 cm³/mol. The summed E-state index contributed by atoms with van der Waals surface area (Å²) in [6.45, 7) is 6.62. The molecular formula is C18H30N4O. The second-order valence-corrected chi connectivity index (χ2v) is 6.29. The van der Waals surface area contributed by atoms with E-state index in [0.29, 0.717) is 12.5 Å². The van der Waals surface area contributed by atoms with Gasteiger partial charge < -0.3 is 19.9 Å². The van der Waals surface area contributed by atoms with Gasteiger partial charge in [0.1, 0.15) is 0 Å². The SMILES string of the molecule is CCNC(=NCc1cccc(N(C)C)c1)N1CCC(COC)C1. The van der Waals surface area contributed by atoms with Crippen LogP contribution in [0, 0.1) is 5.92 Å². The van der Waals surface area contributed by atoms with Crippen molar-refractivity contribution >= 4 is 11.6 Å². The average Bonchev–Trinajstić information content (AvgIpc) is 3.00.